The summed E-state index contributed by atoms with van der Waals surface area (Å²) in [5.74, 6) is 0.977. The number of nitrogens with one attached hydrogen (secondary N) is 1. The molecule has 1 atom stereocenters. The van der Waals surface area contributed by atoms with Crippen molar-refractivity contribution in [3.63, 3.8) is 0 Å². The summed E-state index contributed by atoms with van der Waals surface area (Å²) >= 11 is 0. The van der Waals surface area contributed by atoms with E-state index in [9.17, 15) is 0 Å². The van der Waals surface area contributed by atoms with E-state index in [1.165, 1.54) is 18.4 Å². The zero-order valence-electron chi connectivity index (χ0n) is 11.3. The van der Waals surface area contributed by atoms with Crippen molar-refractivity contribution in [2.24, 2.45) is 0 Å². The Labute approximate surface area is 105 Å². The molecule has 17 heavy (non-hydrogen) atoms. The minimum absolute atomic E-state index is 0.594. The number of hydrogen-bond donors (Lipinski definition) is 1. The molecule has 1 rings (SSSR count). The molecule has 96 valence electrons. The largest absolute Gasteiger partial charge is 0.494 e. The van der Waals surface area contributed by atoms with E-state index in [1.54, 1.807) is 0 Å². The smallest absolute Gasteiger partial charge is 0.119 e. The lowest BCUT2D eigenvalue weighted by Gasteiger charge is -2.13. The maximum Gasteiger partial charge on any atom is 0.119 e. The summed E-state index contributed by atoms with van der Waals surface area (Å²) in [7, 11) is 0. The summed E-state index contributed by atoms with van der Waals surface area (Å²) in [6, 6.07) is 8.83. The maximum atomic E-state index is 5.69. The topological polar surface area (TPSA) is 21.3 Å². The molecule has 0 aliphatic carbocycles. The second kappa shape index (κ2) is 8.13. The van der Waals surface area contributed by atoms with Crippen LogP contribution in [0.15, 0.2) is 24.3 Å². The first-order valence-corrected chi connectivity index (χ1v) is 6.65. The zero-order chi connectivity index (χ0) is 12.5. The first-order chi connectivity index (χ1) is 8.22. The molecule has 0 saturated carbocycles. The Hall–Kier alpha value is -1.02. The highest BCUT2D eigenvalue weighted by molar-refractivity contribution is 5.26. The van der Waals surface area contributed by atoms with E-state index in [2.05, 4.69) is 38.2 Å². The average molecular weight is 235 g/mol. The molecule has 0 radical (unpaired) electrons. The Balaban J connectivity index is 2.09. The van der Waals surface area contributed by atoms with Crippen LogP contribution in [0.5, 0.6) is 5.75 Å². The van der Waals surface area contributed by atoms with Gasteiger partial charge < -0.3 is 10.1 Å². The van der Waals surface area contributed by atoms with Crippen LogP contribution in [0.1, 0.15) is 38.7 Å². The number of benzene rings is 1. The van der Waals surface area contributed by atoms with Crippen LogP contribution in [0.2, 0.25) is 0 Å². The highest BCUT2D eigenvalue weighted by Gasteiger charge is 2.00. The standard InChI is InChI=1S/C15H25NO/c1-4-11-16-14(3)6-5-12-17-15-9-7-13(2)8-10-15/h7-10,14,16H,4-6,11-12H2,1-3H3. The molecule has 0 heterocycles. The Morgan fingerprint density at radius 2 is 1.94 bits per heavy atom. The van der Waals surface area contributed by atoms with E-state index in [0.29, 0.717) is 6.04 Å². The van der Waals surface area contributed by atoms with Gasteiger partial charge >= 0.3 is 0 Å². The van der Waals surface area contributed by atoms with Gasteiger partial charge in [-0.15, -0.1) is 0 Å². The molecule has 0 saturated heterocycles. The molecule has 0 aliphatic heterocycles. The van der Waals surface area contributed by atoms with Crippen LogP contribution >= 0.6 is 0 Å². The number of ether oxygens (including phenoxy) is 1. The predicted molar refractivity (Wildman–Crippen MR) is 73.7 cm³/mol. The third-order valence-electron chi connectivity index (χ3n) is 2.81. The van der Waals surface area contributed by atoms with Crippen molar-refractivity contribution in [3.05, 3.63) is 29.8 Å². The van der Waals surface area contributed by atoms with Gasteiger partial charge in [0.05, 0.1) is 6.61 Å². The van der Waals surface area contributed by atoms with Gasteiger partial charge in [-0.2, -0.15) is 0 Å². The molecule has 0 fully saturated rings. The molecule has 0 amide bonds. The predicted octanol–water partition coefficient (Wildman–Crippen LogP) is 3.54. The normalized spacial score (nSPS) is 12.4. The van der Waals surface area contributed by atoms with Crippen LogP contribution in [0.4, 0.5) is 0 Å². The Bertz CT molecular complexity index is 294. The van der Waals surface area contributed by atoms with E-state index < -0.39 is 0 Å². The zero-order valence-corrected chi connectivity index (χ0v) is 11.3. The third kappa shape index (κ3) is 6.32. The molecule has 0 aromatic heterocycles. The Morgan fingerprint density at radius 3 is 2.59 bits per heavy atom. The van der Waals surface area contributed by atoms with Gasteiger partial charge in [-0.25, -0.2) is 0 Å². The van der Waals surface area contributed by atoms with Gasteiger partial charge in [-0.1, -0.05) is 24.6 Å². The average Bonchev–Trinajstić information content (AvgIpc) is 2.34. The van der Waals surface area contributed by atoms with Gasteiger partial charge in [0.25, 0.3) is 0 Å². The fraction of sp³-hybridized carbons (Fsp3) is 0.600. The lowest BCUT2D eigenvalue weighted by molar-refractivity contribution is 0.298. The summed E-state index contributed by atoms with van der Waals surface area (Å²) in [5, 5.41) is 3.48. The Morgan fingerprint density at radius 1 is 1.24 bits per heavy atom. The second-order valence-electron chi connectivity index (χ2n) is 4.66. The van der Waals surface area contributed by atoms with Crippen LogP contribution in [0.25, 0.3) is 0 Å². The third-order valence-corrected chi connectivity index (χ3v) is 2.81. The van der Waals surface area contributed by atoms with Crippen molar-refractivity contribution in [1.82, 2.24) is 5.32 Å². The first-order valence-electron chi connectivity index (χ1n) is 6.65. The van der Waals surface area contributed by atoms with Gasteiger partial charge in [0, 0.05) is 6.04 Å². The minimum atomic E-state index is 0.594. The van der Waals surface area contributed by atoms with E-state index in [0.717, 1.165) is 25.3 Å². The fourth-order valence-corrected chi connectivity index (χ4v) is 1.71. The molecule has 1 aromatic carbocycles. The number of rotatable bonds is 8. The van der Waals surface area contributed by atoms with Crippen LogP contribution in [-0.4, -0.2) is 19.2 Å². The Kier molecular flexibility index (Phi) is 6.71. The highest BCUT2D eigenvalue weighted by Crippen LogP contribution is 2.12. The van der Waals surface area contributed by atoms with Gasteiger partial charge in [0.15, 0.2) is 0 Å². The van der Waals surface area contributed by atoms with Gasteiger partial charge in [-0.05, 0) is 51.8 Å². The van der Waals surface area contributed by atoms with E-state index >= 15 is 0 Å². The summed E-state index contributed by atoms with van der Waals surface area (Å²) in [6.07, 6.45) is 3.47. The van der Waals surface area contributed by atoms with Crippen molar-refractivity contribution in [2.45, 2.75) is 46.1 Å². The van der Waals surface area contributed by atoms with Crippen LogP contribution in [0.3, 0.4) is 0 Å². The van der Waals surface area contributed by atoms with E-state index in [4.69, 9.17) is 4.74 Å². The minimum Gasteiger partial charge on any atom is -0.494 e. The van der Waals surface area contributed by atoms with Crippen molar-refractivity contribution in [1.29, 1.82) is 0 Å². The van der Waals surface area contributed by atoms with Gasteiger partial charge in [0.2, 0.25) is 0 Å². The van der Waals surface area contributed by atoms with E-state index in [-0.39, 0.29) is 0 Å². The highest BCUT2D eigenvalue weighted by atomic mass is 16.5. The van der Waals surface area contributed by atoms with Gasteiger partial charge in [0.1, 0.15) is 5.75 Å². The second-order valence-corrected chi connectivity index (χ2v) is 4.66. The molecule has 1 N–H and O–H groups in total. The van der Waals surface area contributed by atoms with Gasteiger partial charge in [-0.3, -0.25) is 0 Å². The molecule has 1 aromatic rings. The maximum absolute atomic E-state index is 5.69. The summed E-state index contributed by atoms with van der Waals surface area (Å²) < 4.78 is 5.69. The van der Waals surface area contributed by atoms with Crippen molar-refractivity contribution in [2.75, 3.05) is 13.2 Å². The molecular weight excluding hydrogens is 210 g/mol. The van der Waals surface area contributed by atoms with Crippen LogP contribution in [-0.2, 0) is 0 Å². The molecule has 2 heteroatoms. The quantitative estimate of drug-likeness (QED) is 0.696. The number of hydrogen-bond acceptors (Lipinski definition) is 2. The van der Waals surface area contributed by atoms with Crippen LogP contribution in [0, 0.1) is 6.92 Å². The molecular formula is C15H25NO. The molecule has 2 nitrogen and oxygen atoms in total. The lowest BCUT2D eigenvalue weighted by Crippen LogP contribution is -2.26. The monoisotopic (exact) mass is 235 g/mol. The molecule has 1 unspecified atom stereocenters. The van der Waals surface area contributed by atoms with E-state index in [1.807, 2.05) is 12.1 Å². The van der Waals surface area contributed by atoms with Crippen LogP contribution < -0.4 is 10.1 Å². The SMILES string of the molecule is CCCNC(C)CCCOc1ccc(C)cc1. The summed E-state index contributed by atoms with van der Waals surface area (Å²) in [5.41, 5.74) is 1.27. The van der Waals surface area contributed by atoms with Crippen molar-refractivity contribution < 1.29 is 4.74 Å². The fourth-order valence-electron chi connectivity index (χ4n) is 1.71. The molecule has 0 spiro atoms. The van der Waals surface area contributed by atoms with Crippen molar-refractivity contribution >= 4 is 0 Å². The summed E-state index contributed by atoms with van der Waals surface area (Å²) in [6.45, 7) is 8.44. The van der Waals surface area contributed by atoms with Crippen molar-refractivity contribution in [3.8, 4) is 5.75 Å². The molecule has 0 aliphatic rings. The first kappa shape index (κ1) is 14.0. The summed E-state index contributed by atoms with van der Waals surface area (Å²) in [4.78, 5) is 0. The number of aryl methyl sites for hydroxylation is 1. The lowest BCUT2D eigenvalue weighted by atomic mass is 10.2. The molecule has 0 bridgehead atoms.